The molecule has 0 fully saturated rings. The lowest BCUT2D eigenvalue weighted by Gasteiger charge is -2.13. The minimum atomic E-state index is -0.793. The Hall–Kier alpha value is -1.75. The predicted molar refractivity (Wildman–Crippen MR) is 84.9 cm³/mol. The standard InChI is InChI=1S/C15H14Cl2N2O2/c16-11-3-1-10(2-4-11)14(20)9-18-15(21)19-13-7-5-12(17)6-8-13/h1-8,14,20H,9H2,(H2,18,19,21). The molecule has 0 aliphatic rings. The number of hydrogen-bond donors (Lipinski definition) is 3. The largest absolute Gasteiger partial charge is 0.387 e. The summed E-state index contributed by atoms with van der Waals surface area (Å²) in [6.45, 7) is 0.0983. The van der Waals surface area contributed by atoms with E-state index in [0.717, 1.165) is 0 Å². The number of nitrogens with one attached hydrogen (secondary N) is 2. The number of carbonyl (C=O) groups is 1. The summed E-state index contributed by atoms with van der Waals surface area (Å²) in [5, 5.41) is 16.4. The first-order valence-electron chi connectivity index (χ1n) is 6.28. The van der Waals surface area contributed by atoms with Crippen molar-refractivity contribution in [1.29, 1.82) is 0 Å². The number of halogens is 2. The quantitative estimate of drug-likeness (QED) is 0.800. The van der Waals surface area contributed by atoms with Gasteiger partial charge < -0.3 is 15.7 Å². The second-order valence-corrected chi connectivity index (χ2v) is 5.28. The van der Waals surface area contributed by atoms with Gasteiger partial charge in [0.05, 0.1) is 6.10 Å². The molecule has 6 heteroatoms. The van der Waals surface area contributed by atoms with E-state index >= 15 is 0 Å². The molecule has 0 aromatic heterocycles. The third-order valence-electron chi connectivity index (χ3n) is 2.81. The van der Waals surface area contributed by atoms with Crippen LogP contribution in [0.5, 0.6) is 0 Å². The van der Waals surface area contributed by atoms with Gasteiger partial charge in [0.1, 0.15) is 0 Å². The van der Waals surface area contributed by atoms with Crippen molar-refractivity contribution in [3.05, 3.63) is 64.1 Å². The summed E-state index contributed by atoms with van der Waals surface area (Å²) in [5.41, 5.74) is 1.31. The zero-order valence-corrected chi connectivity index (χ0v) is 12.5. The second-order valence-electron chi connectivity index (χ2n) is 4.41. The first-order chi connectivity index (χ1) is 10.0. The number of urea groups is 1. The lowest BCUT2D eigenvalue weighted by molar-refractivity contribution is 0.175. The third kappa shape index (κ3) is 4.93. The van der Waals surface area contributed by atoms with Crippen LogP contribution in [0.1, 0.15) is 11.7 Å². The highest BCUT2D eigenvalue weighted by Gasteiger charge is 2.09. The maximum Gasteiger partial charge on any atom is 0.319 e. The van der Waals surface area contributed by atoms with Crippen molar-refractivity contribution >= 4 is 34.9 Å². The summed E-state index contributed by atoms with van der Waals surface area (Å²) in [5.74, 6) is 0. The smallest absolute Gasteiger partial charge is 0.319 e. The fraction of sp³-hybridized carbons (Fsp3) is 0.133. The van der Waals surface area contributed by atoms with Gasteiger partial charge in [0.2, 0.25) is 0 Å². The monoisotopic (exact) mass is 324 g/mol. The highest BCUT2D eigenvalue weighted by Crippen LogP contribution is 2.16. The SMILES string of the molecule is O=C(NCC(O)c1ccc(Cl)cc1)Nc1ccc(Cl)cc1. The first kappa shape index (κ1) is 15.6. The van der Waals surface area contributed by atoms with Gasteiger partial charge in [0, 0.05) is 22.3 Å². The molecule has 21 heavy (non-hydrogen) atoms. The Labute approximate surface area is 132 Å². The van der Waals surface area contributed by atoms with Crippen LogP contribution >= 0.6 is 23.2 Å². The Morgan fingerprint density at radius 3 is 2.10 bits per heavy atom. The molecule has 110 valence electrons. The molecule has 0 aliphatic heterocycles. The minimum Gasteiger partial charge on any atom is -0.387 e. The number of carbonyl (C=O) groups excluding carboxylic acids is 1. The molecule has 3 N–H and O–H groups in total. The fourth-order valence-electron chi connectivity index (χ4n) is 1.70. The predicted octanol–water partition coefficient (Wildman–Crippen LogP) is 3.85. The molecule has 0 saturated heterocycles. The van der Waals surface area contributed by atoms with Crippen molar-refractivity contribution in [2.45, 2.75) is 6.10 Å². The van der Waals surface area contributed by atoms with Gasteiger partial charge >= 0.3 is 6.03 Å². The Morgan fingerprint density at radius 2 is 1.52 bits per heavy atom. The third-order valence-corrected chi connectivity index (χ3v) is 3.32. The van der Waals surface area contributed by atoms with Crippen LogP contribution in [0, 0.1) is 0 Å². The molecule has 1 atom stereocenters. The van der Waals surface area contributed by atoms with E-state index < -0.39 is 12.1 Å². The van der Waals surface area contributed by atoms with Crippen LogP contribution in [0.2, 0.25) is 10.0 Å². The second kappa shape index (κ2) is 7.31. The van der Waals surface area contributed by atoms with Gasteiger partial charge in [-0.25, -0.2) is 4.79 Å². The number of benzene rings is 2. The number of aliphatic hydroxyl groups excluding tert-OH is 1. The molecule has 2 aromatic rings. The van der Waals surface area contributed by atoms with Crippen LogP contribution in [0.4, 0.5) is 10.5 Å². The van der Waals surface area contributed by atoms with Gasteiger partial charge in [-0.3, -0.25) is 0 Å². The molecule has 0 radical (unpaired) electrons. The van der Waals surface area contributed by atoms with Gasteiger partial charge in [0.25, 0.3) is 0 Å². The number of amides is 2. The Kier molecular flexibility index (Phi) is 5.44. The van der Waals surface area contributed by atoms with Gasteiger partial charge in [-0.1, -0.05) is 35.3 Å². The first-order valence-corrected chi connectivity index (χ1v) is 7.04. The minimum absolute atomic E-state index is 0.0983. The molecule has 2 rings (SSSR count). The van der Waals surface area contributed by atoms with Gasteiger partial charge in [-0.15, -0.1) is 0 Å². The number of aliphatic hydroxyl groups is 1. The summed E-state index contributed by atoms with van der Waals surface area (Å²) in [6.07, 6.45) is -0.793. The van der Waals surface area contributed by atoms with E-state index in [2.05, 4.69) is 10.6 Å². The summed E-state index contributed by atoms with van der Waals surface area (Å²) < 4.78 is 0. The van der Waals surface area contributed by atoms with Gasteiger partial charge in [-0.05, 0) is 42.0 Å². The Morgan fingerprint density at radius 1 is 1.00 bits per heavy atom. The molecule has 1 unspecified atom stereocenters. The molecule has 0 heterocycles. The van der Waals surface area contributed by atoms with E-state index in [9.17, 15) is 9.90 Å². The molecule has 4 nitrogen and oxygen atoms in total. The van der Waals surface area contributed by atoms with Crippen molar-refractivity contribution < 1.29 is 9.90 Å². The van der Waals surface area contributed by atoms with Crippen molar-refractivity contribution in [1.82, 2.24) is 5.32 Å². The van der Waals surface area contributed by atoms with Crippen molar-refractivity contribution in [2.75, 3.05) is 11.9 Å². The summed E-state index contributed by atoms with van der Waals surface area (Å²) in [6, 6.07) is 13.2. The summed E-state index contributed by atoms with van der Waals surface area (Å²) in [4.78, 5) is 11.7. The zero-order chi connectivity index (χ0) is 15.2. The molecule has 0 spiro atoms. The molecular weight excluding hydrogens is 311 g/mol. The van der Waals surface area contributed by atoms with Crippen molar-refractivity contribution in [3.63, 3.8) is 0 Å². The van der Waals surface area contributed by atoms with Crippen LogP contribution in [-0.4, -0.2) is 17.7 Å². The maximum atomic E-state index is 11.7. The van der Waals surface area contributed by atoms with E-state index in [4.69, 9.17) is 23.2 Å². The molecule has 2 amide bonds. The summed E-state index contributed by atoms with van der Waals surface area (Å²) >= 11 is 11.5. The van der Waals surface area contributed by atoms with E-state index in [1.54, 1.807) is 48.5 Å². The van der Waals surface area contributed by atoms with Crippen LogP contribution in [0.15, 0.2) is 48.5 Å². The molecule has 2 aromatic carbocycles. The van der Waals surface area contributed by atoms with Gasteiger partial charge in [-0.2, -0.15) is 0 Å². The van der Waals surface area contributed by atoms with E-state index in [1.807, 2.05) is 0 Å². The van der Waals surface area contributed by atoms with Gasteiger partial charge in [0.15, 0.2) is 0 Å². The highest BCUT2D eigenvalue weighted by molar-refractivity contribution is 6.30. The average Bonchev–Trinajstić information content (AvgIpc) is 2.48. The molecule has 0 bridgehead atoms. The van der Waals surface area contributed by atoms with Crippen LogP contribution in [-0.2, 0) is 0 Å². The Balaban J connectivity index is 1.83. The molecule has 0 aliphatic carbocycles. The lowest BCUT2D eigenvalue weighted by atomic mass is 10.1. The Bertz CT molecular complexity index is 600. The summed E-state index contributed by atoms with van der Waals surface area (Å²) in [7, 11) is 0. The van der Waals surface area contributed by atoms with Crippen LogP contribution in [0.25, 0.3) is 0 Å². The fourth-order valence-corrected chi connectivity index (χ4v) is 1.95. The number of anilines is 1. The number of rotatable bonds is 4. The maximum absolute atomic E-state index is 11.7. The normalized spacial score (nSPS) is 11.8. The van der Waals surface area contributed by atoms with Crippen LogP contribution in [0.3, 0.4) is 0 Å². The lowest BCUT2D eigenvalue weighted by Crippen LogP contribution is -2.32. The van der Waals surface area contributed by atoms with E-state index in [-0.39, 0.29) is 6.54 Å². The topological polar surface area (TPSA) is 61.4 Å². The molecular formula is C15H14Cl2N2O2. The van der Waals surface area contributed by atoms with E-state index in [0.29, 0.717) is 21.3 Å². The highest BCUT2D eigenvalue weighted by atomic mass is 35.5. The van der Waals surface area contributed by atoms with Crippen molar-refractivity contribution in [3.8, 4) is 0 Å². The number of hydrogen-bond acceptors (Lipinski definition) is 2. The zero-order valence-electron chi connectivity index (χ0n) is 11.0. The average molecular weight is 325 g/mol. The van der Waals surface area contributed by atoms with Crippen LogP contribution < -0.4 is 10.6 Å². The molecule has 0 saturated carbocycles. The van der Waals surface area contributed by atoms with Crippen molar-refractivity contribution in [2.24, 2.45) is 0 Å². The van der Waals surface area contributed by atoms with E-state index in [1.165, 1.54) is 0 Å².